The summed E-state index contributed by atoms with van der Waals surface area (Å²) in [4.78, 5) is 36.3. The van der Waals surface area contributed by atoms with Gasteiger partial charge in [-0.05, 0) is 18.4 Å². The minimum absolute atomic E-state index is 0.00127. The van der Waals surface area contributed by atoms with E-state index < -0.39 is 5.97 Å². The van der Waals surface area contributed by atoms with Crippen LogP contribution < -0.4 is 5.32 Å². The highest BCUT2D eigenvalue weighted by Crippen LogP contribution is 2.17. The number of hydrogen-bond acceptors (Lipinski definition) is 3. The van der Waals surface area contributed by atoms with Gasteiger partial charge >= 0.3 is 5.97 Å². The number of hydrogen-bond donors (Lipinski definition) is 2. The van der Waals surface area contributed by atoms with Crippen LogP contribution in [0.5, 0.6) is 0 Å². The lowest BCUT2D eigenvalue weighted by Gasteiger charge is -2.20. The van der Waals surface area contributed by atoms with E-state index in [0.29, 0.717) is 19.4 Å². The van der Waals surface area contributed by atoms with Gasteiger partial charge in [0.05, 0.1) is 5.92 Å². The van der Waals surface area contributed by atoms with Crippen molar-refractivity contribution in [2.75, 3.05) is 13.6 Å². The Kier molecular flexibility index (Phi) is 5.73. The summed E-state index contributed by atoms with van der Waals surface area (Å²) in [7, 11) is 1.68. The standard InChI is InChI=1S/C17H22N2O4/c1-19-11-13(10-15(19)20)17(23)18-14(7-8-16(21)22)9-12-5-3-2-4-6-12/h2-6,13-14H,7-11H2,1H3,(H,18,23)(H,21,22). The number of rotatable bonds is 7. The van der Waals surface area contributed by atoms with Crippen molar-refractivity contribution in [1.82, 2.24) is 10.2 Å². The smallest absolute Gasteiger partial charge is 0.303 e. The molecule has 6 heteroatoms. The molecule has 0 saturated carbocycles. The number of benzene rings is 1. The topological polar surface area (TPSA) is 86.7 Å². The fourth-order valence-electron chi connectivity index (χ4n) is 2.78. The fraction of sp³-hybridized carbons (Fsp3) is 0.471. The largest absolute Gasteiger partial charge is 0.481 e. The number of aliphatic carboxylic acids is 1. The van der Waals surface area contributed by atoms with Gasteiger partial charge in [-0.3, -0.25) is 14.4 Å². The maximum absolute atomic E-state index is 12.3. The second-order valence-electron chi connectivity index (χ2n) is 6.00. The van der Waals surface area contributed by atoms with Crippen LogP contribution in [0.15, 0.2) is 30.3 Å². The Labute approximate surface area is 135 Å². The molecule has 2 amide bonds. The quantitative estimate of drug-likeness (QED) is 0.787. The van der Waals surface area contributed by atoms with E-state index >= 15 is 0 Å². The van der Waals surface area contributed by atoms with Crippen molar-refractivity contribution in [2.45, 2.75) is 31.7 Å². The first-order valence-corrected chi connectivity index (χ1v) is 7.75. The van der Waals surface area contributed by atoms with Gasteiger partial charge < -0.3 is 15.3 Å². The molecule has 0 aliphatic carbocycles. The molecular weight excluding hydrogens is 296 g/mol. The van der Waals surface area contributed by atoms with Gasteiger partial charge in [0.25, 0.3) is 0 Å². The van der Waals surface area contributed by atoms with Gasteiger partial charge in [0.2, 0.25) is 11.8 Å². The van der Waals surface area contributed by atoms with Gasteiger partial charge in [-0.15, -0.1) is 0 Å². The molecule has 1 heterocycles. The van der Waals surface area contributed by atoms with Crippen LogP contribution in [0.25, 0.3) is 0 Å². The third kappa shape index (κ3) is 5.09. The summed E-state index contributed by atoms with van der Waals surface area (Å²) in [6, 6.07) is 9.39. The first kappa shape index (κ1) is 17.0. The molecule has 0 radical (unpaired) electrons. The molecule has 2 rings (SSSR count). The monoisotopic (exact) mass is 318 g/mol. The van der Waals surface area contributed by atoms with Crippen molar-refractivity contribution in [3.8, 4) is 0 Å². The van der Waals surface area contributed by atoms with Gasteiger partial charge in [0.15, 0.2) is 0 Å². The van der Waals surface area contributed by atoms with E-state index in [1.807, 2.05) is 30.3 Å². The lowest BCUT2D eigenvalue weighted by molar-refractivity contribution is -0.137. The molecular formula is C17H22N2O4. The Hall–Kier alpha value is -2.37. The lowest BCUT2D eigenvalue weighted by Crippen LogP contribution is -2.41. The molecule has 23 heavy (non-hydrogen) atoms. The Bertz CT molecular complexity index is 573. The maximum atomic E-state index is 12.3. The van der Waals surface area contributed by atoms with Crippen LogP contribution in [0, 0.1) is 5.92 Å². The SMILES string of the molecule is CN1CC(C(=O)NC(CCC(=O)O)Cc2ccccc2)CC1=O. The number of amides is 2. The Balaban J connectivity index is 1.97. The van der Waals surface area contributed by atoms with Crippen molar-refractivity contribution in [3.05, 3.63) is 35.9 Å². The van der Waals surface area contributed by atoms with E-state index in [1.54, 1.807) is 11.9 Å². The second-order valence-corrected chi connectivity index (χ2v) is 6.00. The number of nitrogens with one attached hydrogen (secondary N) is 1. The molecule has 2 N–H and O–H groups in total. The van der Waals surface area contributed by atoms with Crippen LogP contribution in [0.4, 0.5) is 0 Å². The highest BCUT2D eigenvalue weighted by atomic mass is 16.4. The molecule has 1 aliphatic rings. The van der Waals surface area contributed by atoms with E-state index in [1.165, 1.54) is 0 Å². The minimum Gasteiger partial charge on any atom is -0.481 e. The minimum atomic E-state index is -0.881. The summed E-state index contributed by atoms with van der Waals surface area (Å²) in [5.41, 5.74) is 1.04. The Morgan fingerprint density at radius 3 is 2.61 bits per heavy atom. The lowest BCUT2D eigenvalue weighted by atomic mass is 10.00. The van der Waals surface area contributed by atoms with Crippen molar-refractivity contribution in [1.29, 1.82) is 0 Å². The maximum Gasteiger partial charge on any atom is 0.303 e. The van der Waals surface area contributed by atoms with Gasteiger partial charge in [-0.1, -0.05) is 30.3 Å². The van der Waals surface area contributed by atoms with Crippen molar-refractivity contribution < 1.29 is 19.5 Å². The highest BCUT2D eigenvalue weighted by molar-refractivity contribution is 5.89. The molecule has 2 atom stereocenters. The number of carbonyl (C=O) groups is 3. The summed E-state index contributed by atoms with van der Waals surface area (Å²) in [6.07, 6.45) is 1.17. The zero-order valence-corrected chi connectivity index (χ0v) is 13.2. The average molecular weight is 318 g/mol. The number of carboxylic acid groups (broad SMARTS) is 1. The highest BCUT2D eigenvalue weighted by Gasteiger charge is 2.33. The second kappa shape index (κ2) is 7.76. The molecule has 1 saturated heterocycles. The molecule has 1 aromatic rings. The molecule has 6 nitrogen and oxygen atoms in total. The summed E-state index contributed by atoms with van der Waals surface area (Å²) >= 11 is 0. The predicted molar refractivity (Wildman–Crippen MR) is 84.7 cm³/mol. The van der Waals surface area contributed by atoms with Crippen molar-refractivity contribution >= 4 is 17.8 Å². The molecule has 1 fully saturated rings. The summed E-state index contributed by atoms with van der Waals surface area (Å²) in [5, 5.41) is 11.8. The molecule has 124 valence electrons. The van der Waals surface area contributed by atoms with Crippen LogP contribution in [0.2, 0.25) is 0 Å². The molecule has 0 spiro atoms. The number of nitrogens with zero attached hydrogens (tertiary/aromatic N) is 1. The molecule has 2 unspecified atom stereocenters. The number of carbonyl (C=O) groups excluding carboxylic acids is 2. The average Bonchev–Trinajstić information content (AvgIpc) is 2.85. The van der Waals surface area contributed by atoms with E-state index in [0.717, 1.165) is 5.56 Å². The van der Waals surface area contributed by atoms with E-state index in [-0.39, 0.29) is 36.6 Å². The van der Waals surface area contributed by atoms with Crippen LogP contribution >= 0.6 is 0 Å². The van der Waals surface area contributed by atoms with Crippen LogP contribution in [0.3, 0.4) is 0 Å². The van der Waals surface area contributed by atoms with Crippen LogP contribution in [-0.4, -0.2) is 47.4 Å². The summed E-state index contributed by atoms with van der Waals surface area (Å²) in [6.45, 7) is 0.418. The van der Waals surface area contributed by atoms with Crippen LogP contribution in [-0.2, 0) is 20.8 Å². The molecule has 0 aromatic heterocycles. The van der Waals surface area contributed by atoms with Gasteiger partial charge in [0, 0.05) is 32.5 Å². The molecule has 0 bridgehead atoms. The van der Waals surface area contributed by atoms with E-state index in [2.05, 4.69) is 5.32 Å². The first-order chi connectivity index (χ1) is 11.0. The van der Waals surface area contributed by atoms with E-state index in [9.17, 15) is 14.4 Å². The zero-order valence-electron chi connectivity index (χ0n) is 13.2. The zero-order chi connectivity index (χ0) is 16.8. The summed E-state index contributed by atoms with van der Waals surface area (Å²) in [5.74, 6) is -1.44. The molecule has 1 aliphatic heterocycles. The number of carboxylic acids is 1. The van der Waals surface area contributed by atoms with Gasteiger partial charge in [0.1, 0.15) is 0 Å². The van der Waals surface area contributed by atoms with E-state index in [4.69, 9.17) is 5.11 Å². The van der Waals surface area contributed by atoms with Crippen molar-refractivity contribution in [3.63, 3.8) is 0 Å². The normalized spacial score (nSPS) is 18.7. The Morgan fingerprint density at radius 2 is 2.04 bits per heavy atom. The fourth-order valence-corrected chi connectivity index (χ4v) is 2.78. The third-order valence-corrected chi connectivity index (χ3v) is 4.09. The number of likely N-dealkylation sites (tertiary alicyclic amines) is 1. The summed E-state index contributed by atoms with van der Waals surface area (Å²) < 4.78 is 0. The van der Waals surface area contributed by atoms with Gasteiger partial charge in [-0.2, -0.15) is 0 Å². The third-order valence-electron chi connectivity index (χ3n) is 4.09. The first-order valence-electron chi connectivity index (χ1n) is 7.75. The predicted octanol–water partition coefficient (Wildman–Crippen LogP) is 1.06. The van der Waals surface area contributed by atoms with Gasteiger partial charge in [-0.25, -0.2) is 0 Å². The van der Waals surface area contributed by atoms with Crippen LogP contribution in [0.1, 0.15) is 24.8 Å². The molecule has 1 aromatic carbocycles. The Morgan fingerprint density at radius 1 is 1.35 bits per heavy atom. The van der Waals surface area contributed by atoms with Crippen molar-refractivity contribution in [2.24, 2.45) is 5.92 Å².